The van der Waals surface area contributed by atoms with Gasteiger partial charge >= 0.3 is 5.69 Å². The maximum absolute atomic E-state index is 11.6. The minimum atomic E-state index is -0.536. The van der Waals surface area contributed by atoms with Gasteiger partial charge in [-0.1, -0.05) is 35.9 Å². The summed E-state index contributed by atoms with van der Waals surface area (Å²) in [6, 6.07) is 10.8. The Kier molecular flexibility index (Phi) is 5.23. The molecule has 0 radical (unpaired) electrons. The molecule has 0 spiro atoms. The average Bonchev–Trinajstić information content (AvgIpc) is 2.63. The molecule has 1 aromatic carbocycles. The van der Waals surface area contributed by atoms with Gasteiger partial charge in [0.15, 0.2) is 0 Å². The highest BCUT2D eigenvalue weighted by Crippen LogP contribution is 2.31. The van der Waals surface area contributed by atoms with Crippen LogP contribution in [0.4, 0.5) is 23.1 Å². The minimum absolute atomic E-state index is 0.0583. The molecule has 0 atom stereocenters. The Morgan fingerprint density at radius 2 is 1.88 bits per heavy atom. The molecular formula is C17H15ClN6O2. The number of aromatic nitrogens is 3. The maximum Gasteiger partial charge on any atom is 0.353 e. The van der Waals surface area contributed by atoms with Crippen molar-refractivity contribution < 1.29 is 4.92 Å². The van der Waals surface area contributed by atoms with Crippen molar-refractivity contribution in [3.8, 4) is 0 Å². The molecule has 9 heteroatoms. The lowest BCUT2D eigenvalue weighted by atomic mass is 10.2. The number of hydrogen-bond donors (Lipinski definition) is 2. The van der Waals surface area contributed by atoms with Crippen LogP contribution in [0.2, 0.25) is 5.02 Å². The standard InChI is InChI=1S/C17H15ClN6O2/c1-11-6-7-14(19-8-11)23-17-15(24(25)26)16(21-10-22-17)20-9-12-4-2-3-5-13(12)18/h2-8,10H,9H2,1H3,(H2,19,20,21,22,23). The molecule has 2 heterocycles. The number of nitro groups is 1. The summed E-state index contributed by atoms with van der Waals surface area (Å²) in [5.41, 5.74) is 1.52. The van der Waals surface area contributed by atoms with Gasteiger partial charge in [-0.05, 0) is 30.2 Å². The summed E-state index contributed by atoms with van der Waals surface area (Å²) >= 11 is 6.12. The van der Waals surface area contributed by atoms with Gasteiger partial charge in [-0.15, -0.1) is 0 Å². The van der Waals surface area contributed by atoms with E-state index in [1.165, 1.54) is 6.33 Å². The topological polar surface area (TPSA) is 106 Å². The number of nitrogens with zero attached hydrogens (tertiary/aromatic N) is 4. The molecule has 0 bridgehead atoms. The van der Waals surface area contributed by atoms with Crippen LogP contribution in [0, 0.1) is 17.0 Å². The van der Waals surface area contributed by atoms with E-state index in [2.05, 4.69) is 25.6 Å². The van der Waals surface area contributed by atoms with E-state index in [0.717, 1.165) is 11.1 Å². The monoisotopic (exact) mass is 370 g/mol. The molecule has 0 aliphatic rings. The zero-order valence-corrected chi connectivity index (χ0v) is 14.6. The minimum Gasteiger partial charge on any atom is -0.360 e. The fourth-order valence-corrected chi connectivity index (χ4v) is 2.46. The number of rotatable bonds is 6. The molecule has 0 aliphatic heterocycles. The van der Waals surface area contributed by atoms with E-state index >= 15 is 0 Å². The third kappa shape index (κ3) is 4.04. The van der Waals surface area contributed by atoms with E-state index < -0.39 is 4.92 Å². The van der Waals surface area contributed by atoms with Crippen LogP contribution >= 0.6 is 11.6 Å². The second kappa shape index (κ2) is 7.75. The summed E-state index contributed by atoms with van der Waals surface area (Å²) in [5, 5.41) is 17.9. The average molecular weight is 371 g/mol. The van der Waals surface area contributed by atoms with Crippen molar-refractivity contribution in [2.24, 2.45) is 0 Å². The summed E-state index contributed by atoms with van der Waals surface area (Å²) in [5.74, 6) is 0.608. The van der Waals surface area contributed by atoms with Gasteiger partial charge in [0.25, 0.3) is 0 Å². The molecule has 0 unspecified atom stereocenters. The van der Waals surface area contributed by atoms with Crippen LogP contribution in [0.3, 0.4) is 0 Å². The van der Waals surface area contributed by atoms with Gasteiger partial charge in [-0.2, -0.15) is 0 Å². The quantitative estimate of drug-likeness (QED) is 0.497. The molecule has 2 aromatic heterocycles. The second-order valence-corrected chi connectivity index (χ2v) is 5.87. The Hall–Kier alpha value is -3.26. The molecular weight excluding hydrogens is 356 g/mol. The Labute approximate surface area is 154 Å². The maximum atomic E-state index is 11.6. The number of pyridine rings is 1. The first-order valence-corrected chi connectivity index (χ1v) is 8.08. The van der Waals surface area contributed by atoms with E-state index in [9.17, 15) is 10.1 Å². The van der Waals surface area contributed by atoms with Gasteiger partial charge in [0.2, 0.25) is 11.6 Å². The van der Waals surface area contributed by atoms with Gasteiger partial charge < -0.3 is 10.6 Å². The highest BCUT2D eigenvalue weighted by Gasteiger charge is 2.23. The lowest BCUT2D eigenvalue weighted by Crippen LogP contribution is -2.08. The van der Waals surface area contributed by atoms with Crippen molar-refractivity contribution in [1.29, 1.82) is 0 Å². The van der Waals surface area contributed by atoms with Crippen LogP contribution in [-0.4, -0.2) is 19.9 Å². The van der Waals surface area contributed by atoms with Crippen LogP contribution in [-0.2, 0) is 6.54 Å². The zero-order chi connectivity index (χ0) is 18.5. The van der Waals surface area contributed by atoms with E-state index in [4.69, 9.17) is 11.6 Å². The predicted molar refractivity (Wildman–Crippen MR) is 99.7 cm³/mol. The van der Waals surface area contributed by atoms with Crippen molar-refractivity contribution >= 4 is 34.7 Å². The molecule has 0 saturated carbocycles. The zero-order valence-electron chi connectivity index (χ0n) is 13.8. The first-order chi connectivity index (χ1) is 12.5. The van der Waals surface area contributed by atoms with Gasteiger partial charge in [-0.25, -0.2) is 15.0 Å². The van der Waals surface area contributed by atoms with Crippen molar-refractivity contribution in [2.75, 3.05) is 10.6 Å². The lowest BCUT2D eigenvalue weighted by molar-refractivity contribution is -0.383. The van der Waals surface area contributed by atoms with Gasteiger partial charge in [0, 0.05) is 17.8 Å². The van der Waals surface area contributed by atoms with Crippen molar-refractivity contribution in [3.63, 3.8) is 0 Å². The molecule has 0 amide bonds. The predicted octanol–water partition coefficient (Wildman–Crippen LogP) is 4.10. The fourth-order valence-electron chi connectivity index (χ4n) is 2.26. The van der Waals surface area contributed by atoms with Crippen molar-refractivity contribution in [3.05, 3.63) is 75.2 Å². The number of anilines is 3. The second-order valence-electron chi connectivity index (χ2n) is 5.47. The molecule has 0 saturated heterocycles. The number of hydrogen-bond acceptors (Lipinski definition) is 7. The van der Waals surface area contributed by atoms with Crippen LogP contribution in [0.1, 0.15) is 11.1 Å². The highest BCUT2D eigenvalue weighted by molar-refractivity contribution is 6.31. The Morgan fingerprint density at radius 3 is 2.58 bits per heavy atom. The summed E-state index contributed by atoms with van der Waals surface area (Å²) in [6.07, 6.45) is 2.91. The molecule has 8 nitrogen and oxygen atoms in total. The Balaban J connectivity index is 1.87. The van der Waals surface area contributed by atoms with Crippen LogP contribution in [0.15, 0.2) is 48.9 Å². The first kappa shape index (κ1) is 17.6. The normalized spacial score (nSPS) is 10.4. The van der Waals surface area contributed by atoms with Gasteiger partial charge in [0.05, 0.1) is 4.92 Å². The summed E-state index contributed by atoms with van der Waals surface area (Å²) in [4.78, 5) is 23.2. The third-order valence-corrected chi connectivity index (χ3v) is 3.94. The summed E-state index contributed by atoms with van der Waals surface area (Å²) in [7, 11) is 0. The van der Waals surface area contributed by atoms with Gasteiger partial charge in [0.1, 0.15) is 12.1 Å². The van der Waals surface area contributed by atoms with Crippen molar-refractivity contribution in [1.82, 2.24) is 15.0 Å². The smallest absolute Gasteiger partial charge is 0.353 e. The molecule has 2 N–H and O–H groups in total. The largest absolute Gasteiger partial charge is 0.360 e. The van der Waals surface area contributed by atoms with E-state index in [1.807, 2.05) is 31.2 Å². The Bertz CT molecular complexity index is 933. The third-order valence-electron chi connectivity index (χ3n) is 3.57. The lowest BCUT2D eigenvalue weighted by Gasteiger charge is -2.10. The van der Waals surface area contributed by atoms with E-state index in [1.54, 1.807) is 18.3 Å². The summed E-state index contributed by atoms with van der Waals surface area (Å²) in [6.45, 7) is 2.19. The SMILES string of the molecule is Cc1ccc(Nc2ncnc(NCc3ccccc3Cl)c2[N+](=O)[O-])nc1. The fraction of sp³-hybridized carbons (Fsp3) is 0.118. The summed E-state index contributed by atoms with van der Waals surface area (Å²) < 4.78 is 0. The highest BCUT2D eigenvalue weighted by atomic mass is 35.5. The van der Waals surface area contributed by atoms with Gasteiger partial charge in [-0.3, -0.25) is 10.1 Å². The first-order valence-electron chi connectivity index (χ1n) is 7.71. The molecule has 0 fully saturated rings. The molecule has 3 aromatic rings. The van der Waals surface area contributed by atoms with Crippen LogP contribution in [0.5, 0.6) is 0 Å². The molecule has 26 heavy (non-hydrogen) atoms. The molecule has 132 valence electrons. The molecule has 3 rings (SSSR count). The van der Waals surface area contributed by atoms with Crippen LogP contribution < -0.4 is 10.6 Å². The Morgan fingerprint density at radius 1 is 1.12 bits per heavy atom. The number of nitrogens with one attached hydrogen (secondary N) is 2. The van der Waals surface area contributed by atoms with Crippen LogP contribution in [0.25, 0.3) is 0 Å². The van der Waals surface area contributed by atoms with E-state index in [0.29, 0.717) is 17.4 Å². The van der Waals surface area contributed by atoms with E-state index in [-0.39, 0.29) is 17.3 Å². The number of benzene rings is 1. The van der Waals surface area contributed by atoms with Crippen molar-refractivity contribution in [2.45, 2.75) is 13.5 Å². The number of halogens is 1. The molecule has 0 aliphatic carbocycles. The number of aryl methyl sites for hydroxylation is 1.